The molecule has 510 valence electrons. The fraction of sp³-hybridized carbons (Fsp3) is 0.688. The standard InChI is InChI=1S/C80H139N2O6P/c1-6-8-10-12-14-16-18-20-22-24-26-28-30-32-34-36-37-38-39-40-41-42-43-44-45-46-48-50-52-54-56-58-60-62-64-66-68-70-72-74-80(84)81-78(77-88-89(85,86)87-76-75-82(3,4)5)79(83)73-71-69-67-65-63-61-59-57-55-53-51-49-47-35-33-31-29-27-25-23-21-19-17-15-13-11-9-7-2/h8,10,14,16,20,22,26,28,32,34,37-38,40-41,43-44,46,48,52,54,58,60,64,66,78-79,83H,6-7,9,11-13,15,17-19,21,23-25,27,29-31,33,35-36,39,42,45,47,49-51,53,55-57,59,61-63,65,67-77H2,1-5H3,(H-,81,84,85,86)/p+1/b10-8-,16-14-,22-20-,28-26-,34-32-,38-37-,41-40-,44-43-,48-46-,54-52-,60-58-,66-64-. The van der Waals surface area contributed by atoms with Crippen molar-refractivity contribution in [2.75, 3.05) is 40.9 Å². The number of nitrogens with zero attached hydrogens (tertiary/aromatic N) is 1. The monoisotopic (exact) mass is 1260 g/mol. The van der Waals surface area contributed by atoms with Crippen LogP contribution in [-0.2, 0) is 18.4 Å². The molecule has 0 aromatic rings. The van der Waals surface area contributed by atoms with Crippen molar-refractivity contribution in [1.82, 2.24) is 5.32 Å². The quantitative estimate of drug-likeness (QED) is 0.0243. The van der Waals surface area contributed by atoms with Gasteiger partial charge in [0.2, 0.25) is 5.91 Å². The average molecular weight is 1260 g/mol. The van der Waals surface area contributed by atoms with Crippen LogP contribution in [0.15, 0.2) is 146 Å². The second-order valence-electron chi connectivity index (χ2n) is 25.6. The van der Waals surface area contributed by atoms with Crippen molar-refractivity contribution >= 4 is 13.7 Å². The number of hydrogen-bond acceptors (Lipinski definition) is 5. The normalized spacial score (nSPS) is 14.5. The molecule has 3 N–H and O–H groups in total. The molecule has 0 rings (SSSR count). The Balaban J connectivity index is 4.18. The summed E-state index contributed by atoms with van der Waals surface area (Å²) in [6, 6.07) is -0.797. The number of allylic oxidation sites excluding steroid dienone is 24. The van der Waals surface area contributed by atoms with E-state index in [-0.39, 0.29) is 19.1 Å². The van der Waals surface area contributed by atoms with E-state index < -0.39 is 20.0 Å². The summed E-state index contributed by atoms with van der Waals surface area (Å²) in [4.78, 5) is 23.5. The van der Waals surface area contributed by atoms with Gasteiger partial charge in [0.1, 0.15) is 13.2 Å². The lowest BCUT2D eigenvalue weighted by atomic mass is 10.0. The molecule has 0 saturated heterocycles. The van der Waals surface area contributed by atoms with Gasteiger partial charge in [-0.05, 0) is 103 Å². The molecule has 89 heavy (non-hydrogen) atoms. The van der Waals surface area contributed by atoms with Crippen LogP contribution in [0.25, 0.3) is 0 Å². The highest BCUT2D eigenvalue weighted by Gasteiger charge is 2.28. The van der Waals surface area contributed by atoms with Crippen LogP contribution in [0.5, 0.6) is 0 Å². The summed E-state index contributed by atoms with van der Waals surface area (Å²) in [6.45, 7) is 4.76. The topological polar surface area (TPSA) is 105 Å². The summed E-state index contributed by atoms with van der Waals surface area (Å²) in [7, 11) is 1.57. The third-order valence-corrected chi connectivity index (χ3v) is 16.8. The number of carbonyl (C=O) groups excluding carboxylic acids is 1. The van der Waals surface area contributed by atoms with Crippen LogP contribution in [0.4, 0.5) is 0 Å². The van der Waals surface area contributed by atoms with Gasteiger partial charge in [0.15, 0.2) is 0 Å². The maximum absolute atomic E-state index is 13.1. The van der Waals surface area contributed by atoms with Gasteiger partial charge in [-0.15, -0.1) is 0 Å². The van der Waals surface area contributed by atoms with Gasteiger partial charge in [-0.1, -0.05) is 339 Å². The lowest BCUT2D eigenvalue weighted by molar-refractivity contribution is -0.870. The van der Waals surface area contributed by atoms with Gasteiger partial charge in [0.25, 0.3) is 0 Å². The number of nitrogens with one attached hydrogen (secondary N) is 1. The minimum atomic E-state index is -4.36. The molecule has 0 saturated carbocycles. The average Bonchev–Trinajstić information content (AvgIpc) is 3.55. The van der Waals surface area contributed by atoms with E-state index in [1.54, 1.807) is 0 Å². The fourth-order valence-electron chi connectivity index (χ4n) is 10.2. The van der Waals surface area contributed by atoms with E-state index in [0.29, 0.717) is 30.3 Å². The minimum absolute atomic E-state index is 0.0589. The first-order valence-electron chi connectivity index (χ1n) is 36.7. The summed E-state index contributed by atoms with van der Waals surface area (Å²) in [5.74, 6) is -0.189. The maximum atomic E-state index is 13.1. The van der Waals surface area contributed by atoms with E-state index >= 15 is 0 Å². The maximum Gasteiger partial charge on any atom is 0.472 e. The molecule has 0 aliphatic carbocycles. The molecule has 0 aromatic carbocycles. The molecule has 3 atom stereocenters. The largest absolute Gasteiger partial charge is 0.472 e. The number of rotatable bonds is 66. The number of hydrogen-bond donors (Lipinski definition) is 3. The molecule has 0 heterocycles. The molecule has 0 fully saturated rings. The van der Waals surface area contributed by atoms with Crippen LogP contribution in [0.1, 0.15) is 303 Å². The van der Waals surface area contributed by atoms with Crippen LogP contribution in [-0.4, -0.2) is 73.4 Å². The number of likely N-dealkylation sites (N-methyl/N-ethyl adjacent to an activating group) is 1. The van der Waals surface area contributed by atoms with Crippen molar-refractivity contribution in [3.05, 3.63) is 146 Å². The molecule has 1 amide bonds. The van der Waals surface area contributed by atoms with Crippen LogP contribution in [0.2, 0.25) is 0 Å². The number of phosphoric ester groups is 1. The van der Waals surface area contributed by atoms with Crippen LogP contribution in [0, 0.1) is 0 Å². The lowest BCUT2D eigenvalue weighted by Gasteiger charge is -2.26. The van der Waals surface area contributed by atoms with Gasteiger partial charge >= 0.3 is 7.82 Å². The zero-order chi connectivity index (χ0) is 64.8. The predicted octanol–water partition coefficient (Wildman–Crippen LogP) is 23.9. The van der Waals surface area contributed by atoms with Crippen molar-refractivity contribution in [2.24, 2.45) is 0 Å². The van der Waals surface area contributed by atoms with Crippen molar-refractivity contribution in [3.8, 4) is 0 Å². The SMILES string of the molecule is CC/C=C\C/C=C\C/C=C\C/C=C\C/C=C\C/C=C\C/C=C\C/C=C\C/C=C\C/C=C\C/C=C\C/C=C\CCCCC(=O)NC(COP(=O)(O)OCC[N+](C)(C)C)C(O)CCCCCCCCCCCCCCCCCCCCCCCCCCCCCC. The minimum Gasteiger partial charge on any atom is -0.391 e. The Bertz CT molecular complexity index is 1960. The van der Waals surface area contributed by atoms with E-state index in [0.717, 1.165) is 109 Å². The fourth-order valence-corrected chi connectivity index (χ4v) is 10.9. The van der Waals surface area contributed by atoms with Crippen LogP contribution < -0.4 is 5.32 Å². The van der Waals surface area contributed by atoms with E-state index in [4.69, 9.17) is 9.05 Å². The molecule has 0 aromatic heterocycles. The molecule has 0 radical (unpaired) electrons. The number of phosphoric acid groups is 1. The van der Waals surface area contributed by atoms with E-state index in [1.165, 1.54) is 161 Å². The van der Waals surface area contributed by atoms with Crippen LogP contribution in [0.3, 0.4) is 0 Å². The Labute approximate surface area is 550 Å². The third-order valence-electron chi connectivity index (χ3n) is 15.9. The summed E-state index contributed by atoms with van der Waals surface area (Å²) in [5, 5.41) is 14.1. The number of carbonyl (C=O) groups is 1. The first-order chi connectivity index (χ1) is 43.5. The van der Waals surface area contributed by atoms with E-state index in [9.17, 15) is 19.4 Å². The van der Waals surface area contributed by atoms with E-state index in [1.807, 2.05) is 21.1 Å². The van der Waals surface area contributed by atoms with Gasteiger partial charge in [-0.2, -0.15) is 0 Å². The molecular weight excluding hydrogens is 1120 g/mol. The summed E-state index contributed by atoms with van der Waals surface area (Å²) in [5.41, 5.74) is 0. The van der Waals surface area contributed by atoms with Gasteiger partial charge in [0.05, 0.1) is 39.9 Å². The van der Waals surface area contributed by atoms with E-state index in [2.05, 4.69) is 165 Å². The number of amides is 1. The highest BCUT2D eigenvalue weighted by molar-refractivity contribution is 7.47. The van der Waals surface area contributed by atoms with Gasteiger partial charge in [-0.25, -0.2) is 4.57 Å². The second-order valence-corrected chi connectivity index (χ2v) is 27.0. The Morgan fingerprint density at radius 2 is 0.674 bits per heavy atom. The highest BCUT2D eigenvalue weighted by Crippen LogP contribution is 2.43. The Morgan fingerprint density at radius 3 is 0.966 bits per heavy atom. The van der Waals surface area contributed by atoms with Crippen LogP contribution >= 0.6 is 7.82 Å². The number of quaternary nitrogens is 1. The zero-order valence-corrected chi connectivity index (χ0v) is 59.3. The molecule has 0 aliphatic heterocycles. The number of aliphatic hydroxyl groups is 1. The molecule has 0 aliphatic rings. The molecule has 0 bridgehead atoms. The Kier molecular flexibility index (Phi) is 65.9. The van der Waals surface area contributed by atoms with Crippen molar-refractivity contribution < 1.29 is 32.9 Å². The Morgan fingerprint density at radius 1 is 0.393 bits per heavy atom. The number of aliphatic hydroxyl groups excluding tert-OH is 1. The van der Waals surface area contributed by atoms with Gasteiger partial charge in [-0.3, -0.25) is 13.8 Å². The first-order valence-corrected chi connectivity index (χ1v) is 38.2. The molecule has 0 spiro atoms. The predicted molar refractivity (Wildman–Crippen MR) is 391 cm³/mol. The van der Waals surface area contributed by atoms with Crippen molar-refractivity contribution in [3.63, 3.8) is 0 Å². The molecule has 9 heteroatoms. The third kappa shape index (κ3) is 71.7. The first kappa shape index (κ1) is 85.4. The smallest absolute Gasteiger partial charge is 0.391 e. The zero-order valence-electron chi connectivity index (χ0n) is 58.4. The second kappa shape index (κ2) is 68.7. The van der Waals surface area contributed by atoms with Gasteiger partial charge in [0, 0.05) is 6.42 Å². The van der Waals surface area contributed by atoms with Crippen molar-refractivity contribution in [2.45, 2.75) is 315 Å². The summed E-state index contributed by atoms with van der Waals surface area (Å²) in [6.07, 6.45) is 105. The molecular formula is C80H140N2O6P+. The summed E-state index contributed by atoms with van der Waals surface area (Å²) >= 11 is 0. The Hall–Kier alpha value is -3.62. The molecule has 8 nitrogen and oxygen atoms in total. The highest BCUT2D eigenvalue weighted by atomic mass is 31.2. The number of unbranched alkanes of at least 4 members (excludes halogenated alkanes) is 29. The lowest BCUT2D eigenvalue weighted by Crippen LogP contribution is -2.46. The van der Waals surface area contributed by atoms with Gasteiger partial charge < -0.3 is 19.8 Å². The summed E-state index contributed by atoms with van der Waals surface area (Å²) < 4.78 is 23.9. The molecule has 3 unspecified atom stereocenters. The van der Waals surface area contributed by atoms with Crippen molar-refractivity contribution in [1.29, 1.82) is 0 Å².